The van der Waals surface area contributed by atoms with Crippen LogP contribution in [0, 0.1) is 13.8 Å². The summed E-state index contributed by atoms with van der Waals surface area (Å²) in [6.07, 6.45) is 0. The molecule has 1 amide bonds. The minimum absolute atomic E-state index is 0.0574. The molecule has 0 unspecified atom stereocenters. The number of carbonyl (C=O) groups is 1. The Morgan fingerprint density at radius 2 is 1.54 bits per heavy atom. The number of rotatable bonds is 8. The van der Waals surface area contributed by atoms with Crippen molar-refractivity contribution < 1.29 is 23.7 Å². The molecule has 1 N–H and O–H groups in total. The van der Waals surface area contributed by atoms with E-state index in [1.807, 2.05) is 32.0 Å². The third-order valence-electron chi connectivity index (χ3n) is 4.11. The molecule has 26 heavy (non-hydrogen) atoms. The van der Waals surface area contributed by atoms with Gasteiger partial charge in [-0.1, -0.05) is 6.07 Å². The Morgan fingerprint density at radius 3 is 2.15 bits per heavy atom. The standard InChI is InChI=1S/C20H25NO5/c1-13-6-7-16(8-14(13)2)26-12-20(22)21-11-15-9-18(24-4)19(25-5)10-17(15)23-3/h6-10H,11-12H2,1-5H3,(H,21,22). The van der Waals surface area contributed by atoms with Crippen LogP contribution >= 0.6 is 0 Å². The maximum atomic E-state index is 12.1. The fourth-order valence-corrected chi connectivity index (χ4v) is 2.43. The van der Waals surface area contributed by atoms with Crippen LogP contribution in [0.4, 0.5) is 0 Å². The van der Waals surface area contributed by atoms with Crippen LogP contribution in [0.25, 0.3) is 0 Å². The molecular weight excluding hydrogens is 334 g/mol. The van der Waals surface area contributed by atoms with Crippen molar-refractivity contribution in [1.29, 1.82) is 0 Å². The Labute approximate surface area is 154 Å². The van der Waals surface area contributed by atoms with Crippen LogP contribution in [0.15, 0.2) is 30.3 Å². The van der Waals surface area contributed by atoms with E-state index in [4.69, 9.17) is 18.9 Å². The first kappa shape index (κ1) is 19.4. The van der Waals surface area contributed by atoms with Gasteiger partial charge in [0.15, 0.2) is 18.1 Å². The van der Waals surface area contributed by atoms with E-state index in [0.29, 0.717) is 29.5 Å². The molecule has 0 saturated heterocycles. The van der Waals surface area contributed by atoms with Gasteiger partial charge in [0.1, 0.15) is 11.5 Å². The van der Waals surface area contributed by atoms with Crippen molar-refractivity contribution in [1.82, 2.24) is 5.32 Å². The summed E-state index contributed by atoms with van der Waals surface area (Å²) in [6, 6.07) is 9.25. The molecule has 6 nitrogen and oxygen atoms in total. The van der Waals surface area contributed by atoms with Crippen molar-refractivity contribution in [3.63, 3.8) is 0 Å². The quantitative estimate of drug-likeness (QED) is 0.785. The normalized spacial score (nSPS) is 10.2. The molecule has 0 fully saturated rings. The Morgan fingerprint density at radius 1 is 0.885 bits per heavy atom. The van der Waals surface area contributed by atoms with E-state index in [1.165, 1.54) is 5.56 Å². The second-order valence-electron chi connectivity index (χ2n) is 5.83. The van der Waals surface area contributed by atoms with Gasteiger partial charge in [0, 0.05) is 18.2 Å². The average Bonchev–Trinajstić information content (AvgIpc) is 2.66. The van der Waals surface area contributed by atoms with Crippen LogP contribution in [0.1, 0.15) is 16.7 Å². The van der Waals surface area contributed by atoms with E-state index in [-0.39, 0.29) is 12.5 Å². The molecule has 0 atom stereocenters. The molecule has 0 aromatic heterocycles. The first-order valence-electron chi connectivity index (χ1n) is 8.24. The van der Waals surface area contributed by atoms with Crippen LogP contribution in [0.2, 0.25) is 0 Å². The van der Waals surface area contributed by atoms with Gasteiger partial charge in [-0.2, -0.15) is 0 Å². The number of nitrogens with one attached hydrogen (secondary N) is 1. The molecule has 2 aromatic carbocycles. The van der Waals surface area contributed by atoms with Gasteiger partial charge in [0.25, 0.3) is 5.91 Å². The van der Waals surface area contributed by atoms with Crippen LogP contribution < -0.4 is 24.3 Å². The summed E-state index contributed by atoms with van der Waals surface area (Å²) >= 11 is 0. The van der Waals surface area contributed by atoms with Gasteiger partial charge in [0.05, 0.1) is 21.3 Å². The lowest BCUT2D eigenvalue weighted by atomic mass is 10.1. The number of methoxy groups -OCH3 is 3. The van der Waals surface area contributed by atoms with Crippen molar-refractivity contribution in [2.45, 2.75) is 20.4 Å². The number of amides is 1. The van der Waals surface area contributed by atoms with E-state index >= 15 is 0 Å². The second kappa shape index (κ2) is 8.99. The van der Waals surface area contributed by atoms with Gasteiger partial charge in [-0.25, -0.2) is 0 Å². The molecule has 0 bridgehead atoms. The van der Waals surface area contributed by atoms with Crippen molar-refractivity contribution in [3.8, 4) is 23.0 Å². The number of hydrogen-bond donors (Lipinski definition) is 1. The molecule has 2 rings (SSSR count). The van der Waals surface area contributed by atoms with E-state index in [1.54, 1.807) is 33.5 Å². The maximum Gasteiger partial charge on any atom is 0.258 e. The lowest BCUT2D eigenvalue weighted by molar-refractivity contribution is -0.123. The minimum atomic E-state index is -0.222. The fraction of sp³-hybridized carbons (Fsp3) is 0.350. The maximum absolute atomic E-state index is 12.1. The van der Waals surface area contributed by atoms with Crippen LogP contribution in [0.5, 0.6) is 23.0 Å². The number of hydrogen-bond acceptors (Lipinski definition) is 5. The predicted molar refractivity (Wildman–Crippen MR) is 99.4 cm³/mol. The molecule has 6 heteroatoms. The summed E-state index contributed by atoms with van der Waals surface area (Å²) in [6.45, 7) is 4.27. The van der Waals surface area contributed by atoms with Gasteiger partial charge in [-0.3, -0.25) is 4.79 Å². The van der Waals surface area contributed by atoms with Gasteiger partial charge in [-0.15, -0.1) is 0 Å². The third-order valence-corrected chi connectivity index (χ3v) is 4.11. The first-order chi connectivity index (χ1) is 12.5. The summed E-state index contributed by atoms with van der Waals surface area (Å²) < 4.78 is 21.4. The largest absolute Gasteiger partial charge is 0.496 e. The monoisotopic (exact) mass is 359 g/mol. The molecule has 0 aliphatic carbocycles. The van der Waals surface area contributed by atoms with Gasteiger partial charge < -0.3 is 24.3 Å². The summed E-state index contributed by atoms with van der Waals surface area (Å²) in [5.41, 5.74) is 3.09. The number of ether oxygens (including phenoxy) is 4. The Bertz CT molecular complexity index is 773. The topological polar surface area (TPSA) is 66.0 Å². The summed E-state index contributed by atoms with van der Waals surface area (Å²) in [5, 5.41) is 2.82. The summed E-state index contributed by atoms with van der Waals surface area (Å²) in [5.74, 6) is 2.20. The van der Waals surface area contributed by atoms with Crippen LogP contribution in [-0.4, -0.2) is 33.8 Å². The van der Waals surface area contributed by atoms with E-state index in [9.17, 15) is 4.79 Å². The highest BCUT2D eigenvalue weighted by molar-refractivity contribution is 5.77. The number of benzene rings is 2. The number of carbonyl (C=O) groups excluding carboxylic acids is 1. The van der Waals surface area contributed by atoms with Gasteiger partial charge >= 0.3 is 0 Å². The van der Waals surface area contributed by atoms with Gasteiger partial charge in [-0.05, 0) is 43.2 Å². The zero-order valence-electron chi connectivity index (χ0n) is 15.8. The Hall–Kier alpha value is -2.89. The molecule has 0 spiro atoms. The lowest BCUT2D eigenvalue weighted by Gasteiger charge is -2.15. The lowest BCUT2D eigenvalue weighted by Crippen LogP contribution is -2.28. The highest BCUT2D eigenvalue weighted by Gasteiger charge is 2.13. The molecule has 0 saturated carbocycles. The summed E-state index contributed by atoms with van der Waals surface area (Å²) in [7, 11) is 4.68. The van der Waals surface area contributed by atoms with Crippen molar-refractivity contribution in [2.24, 2.45) is 0 Å². The van der Waals surface area contributed by atoms with E-state index in [0.717, 1.165) is 11.1 Å². The predicted octanol–water partition coefficient (Wildman–Crippen LogP) is 3.02. The smallest absolute Gasteiger partial charge is 0.258 e. The van der Waals surface area contributed by atoms with Crippen molar-refractivity contribution >= 4 is 5.91 Å². The molecular formula is C20H25NO5. The third kappa shape index (κ3) is 4.81. The van der Waals surface area contributed by atoms with Gasteiger partial charge in [0.2, 0.25) is 0 Å². The molecule has 0 aliphatic rings. The number of aryl methyl sites for hydroxylation is 2. The summed E-state index contributed by atoms with van der Waals surface area (Å²) in [4.78, 5) is 12.1. The zero-order chi connectivity index (χ0) is 19.1. The molecule has 0 heterocycles. The Kier molecular flexibility index (Phi) is 6.72. The first-order valence-corrected chi connectivity index (χ1v) is 8.24. The van der Waals surface area contributed by atoms with Crippen LogP contribution in [0.3, 0.4) is 0 Å². The molecule has 0 aliphatic heterocycles. The molecule has 2 aromatic rings. The SMILES string of the molecule is COc1cc(OC)c(OC)cc1CNC(=O)COc1ccc(C)c(C)c1. The van der Waals surface area contributed by atoms with E-state index in [2.05, 4.69) is 5.32 Å². The zero-order valence-corrected chi connectivity index (χ0v) is 15.8. The fourth-order valence-electron chi connectivity index (χ4n) is 2.43. The van der Waals surface area contributed by atoms with Crippen molar-refractivity contribution in [3.05, 3.63) is 47.0 Å². The molecule has 140 valence electrons. The molecule has 0 radical (unpaired) electrons. The minimum Gasteiger partial charge on any atom is -0.496 e. The highest BCUT2D eigenvalue weighted by atomic mass is 16.5. The average molecular weight is 359 g/mol. The van der Waals surface area contributed by atoms with Crippen molar-refractivity contribution in [2.75, 3.05) is 27.9 Å². The Balaban J connectivity index is 1.97. The van der Waals surface area contributed by atoms with Crippen LogP contribution in [-0.2, 0) is 11.3 Å². The van der Waals surface area contributed by atoms with E-state index < -0.39 is 0 Å². The second-order valence-corrected chi connectivity index (χ2v) is 5.83. The highest BCUT2D eigenvalue weighted by Crippen LogP contribution is 2.34.